The number of aliphatic hydroxyl groups excluding tert-OH is 1. The number of hydrogen-bond donors (Lipinski definition) is 1. The topological polar surface area (TPSA) is 20.2 Å². The van der Waals surface area contributed by atoms with E-state index >= 15 is 0 Å². The summed E-state index contributed by atoms with van der Waals surface area (Å²) in [7, 11) is 0. The molecule has 1 aromatic rings. The number of thiophene rings is 1. The van der Waals surface area contributed by atoms with Gasteiger partial charge in [0.05, 0.1) is 6.10 Å². The van der Waals surface area contributed by atoms with Crippen molar-refractivity contribution >= 4 is 27.3 Å². The lowest BCUT2D eigenvalue weighted by molar-refractivity contribution is 0.185. The van der Waals surface area contributed by atoms with Crippen LogP contribution in [0.2, 0.25) is 0 Å². The molecule has 1 rings (SSSR count). The van der Waals surface area contributed by atoms with Crippen molar-refractivity contribution in [3.8, 4) is 0 Å². The van der Waals surface area contributed by atoms with Crippen molar-refractivity contribution in [2.24, 2.45) is 0 Å². The zero-order valence-electron chi connectivity index (χ0n) is 7.30. The molecular weight excluding hydrogens is 236 g/mol. The second kappa shape index (κ2) is 4.40. The molecule has 68 valence electrons. The molecule has 1 atom stereocenters. The number of hydrogen-bond acceptors (Lipinski definition) is 2. The molecule has 0 aliphatic heterocycles. The Balaban J connectivity index is 2.58. The van der Waals surface area contributed by atoms with E-state index in [1.165, 1.54) is 14.9 Å². The van der Waals surface area contributed by atoms with E-state index in [9.17, 15) is 0 Å². The average Bonchev–Trinajstić information content (AvgIpc) is 2.30. The fraction of sp³-hybridized carbons (Fsp3) is 0.556. The first-order valence-corrected chi connectivity index (χ1v) is 5.69. The predicted molar refractivity (Wildman–Crippen MR) is 56.8 cm³/mol. The summed E-state index contributed by atoms with van der Waals surface area (Å²) in [5, 5.41) is 11.2. The van der Waals surface area contributed by atoms with Crippen LogP contribution >= 0.6 is 27.3 Å². The molecule has 0 saturated heterocycles. The van der Waals surface area contributed by atoms with Crippen LogP contribution in [-0.2, 0) is 6.42 Å². The van der Waals surface area contributed by atoms with Gasteiger partial charge in [-0.1, -0.05) is 0 Å². The molecule has 0 aliphatic carbocycles. The molecule has 3 heteroatoms. The summed E-state index contributed by atoms with van der Waals surface area (Å²) in [6.07, 6.45) is 1.62. The van der Waals surface area contributed by atoms with E-state index in [1.807, 2.05) is 6.92 Å². The largest absolute Gasteiger partial charge is 0.393 e. The summed E-state index contributed by atoms with van der Waals surface area (Å²) in [6, 6.07) is 0. The van der Waals surface area contributed by atoms with Crippen molar-refractivity contribution in [1.29, 1.82) is 0 Å². The lowest BCUT2D eigenvalue weighted by Crippen LogP contribution is -2.00. The molecule has 0 aliphatic rings. The number of rotatable bonds is 3. The summed E-state index contributed by atoms with van der Waals surface area (Å²) < 4.78 is 1.22. The van der Waals surface area contributed by atoms with Crippen LogP contribution in [0.25, 0.3) is 0 Å². The van der Waals surface area contributed by atoms with Gasteiger partial charge in [0.15, 0.2) is 0 Å². The molecule has 12 heavy (non-hydrogen) atoms. The van der Waals surface area contributed by atoms with Crippen LogP contribution in [0.4, 0.5) is 0 Å². The molecule has 0 amide bonds. The molecule has 0 radical (unpaired) electrons. The third kappa shape index (κ3) is 2.57. The minimum absolute atomic E-state index is 0.195. The Hall–Kier alpha value is 0.140. The summed E-state index contributed by atoms with van der Waals surface area (Å²) in [6.45, 7) is 3.92. The Morgan fingerprint density at radius 1 is 1.67 bits per heavy atom. The van der Waals surface area contributed by atoms with Gasteiger partial charge in [0.25, 0.3) is 0 Å². The van der Waals surface area contributed by atoms with Crippen molar-refractivity contribution in [3.63, 3.8) is 0 Å². The van der Waals surface area contributed by atoms with E-state index in [1.54, 1.807) is 11.3 Å². The minimum atomic E-state index is -0.195. The minimum Gasteiger partial charge on any atom is -0.393 e. The molecule has 1 aromatic heterocycles. The highest BCUT2D eigenvalue weighted by molar-refractivity contribution is 9.10. The highest BCUT2D eigenvalue weighted by Gasteiger charge is 2.06. The van der Waals surface area contributed by atoms with E-state index in [2.05, 4.69) is 28.2 Å². The van der Waals surface area contributed by atoms with E-state index in [4.69, 9.17) is 5.11 Å². The summed E-state index contributed by atoms with van der Waals surface area (Å²) in [5.74, 6) is 0. The van der Waals surface area contributed by atoms with Gasteiger partial charge >= 0.3 is 0 Å². The molecule has 0 spiro atoms. The van der Waals surface area contributed by atoms with E-state index < -0.39 is 0 Å². The van der Waals surface area contributed by atoms with Gasteiger partial charge in [0.1, 0.15) is 0 Å². The number of aliphatic hydroxyl groups is 1. The van der Waals surface area contributed by atoms with Crippen molar-refractivity contribution < 1.29 is 5.11 Å². The van der Waals surface area contributed by atoms with Gasteiger partial charge in [0.2, 0.25) is 0 Å². The Bertz CT molecular complexity index is 255. The highest BCUT2D eigenvalue weighted by atomic mass is 79.9. The standard InChI is InChI=1S/C9H13BrOS/c1-6-5-12-8(9(6)10)4-3-7(2)11/h5,7,11H,3-4H2,1-2H3/t7-/m0/s1. The van der Waals surface area contributed by atoms with Crippen LogP contribution in [0, 0.1) is 6.92 Å². The summed E-state index contributed by atoms with van der Waals surface area (Å²) >= 11 is 5.29. The lowest BCUT2D eigenvalue weighted by Gasteiger charge is -2.02. The fourth-order valence-electron chi connectivity index (χ4n) is 0.992. The van der Waals surface area contributed by atoms with Gasteiger partial charge in [-0.15, -0.1) is 11.3 Å². The predicted octanol–water partition coefficient (Wildman–Crippen LogP) is 3.13. The monoisotopic (exact) mass is 248 g/mol. The molecule has 1 heterocycles. The van der Waals surface area contributed by atoms with Crippen molar-refractivity contribution in [2.75, 3.05) is 0 Å². The molecule has 0 unspecified atom stereocenters. The Kier molecular flexibility index (Phi) is 3.75. The van der Waals surface area contributed by atoms with Gasteiger partial charge in [-0.25, -0.2) is 0 Å². The first-order chi connectivity index (χ1) is 5.61. The SMILES string of the molecule is Cc1csc(CC[C@H](C)O)c1Br. The Morgan fingerprint density at radius 2 is 2.33 bits per heavy atom. The first kappa shape index (κ1) is 10.2. The maximum Gasteiger partial charge on any atom is 0.0515 e. The maximum atomic E-state index is 9.10. The second-order valence-corrected chi connectivity index (χ2v) is 4.80. The Labute approximate surface area is 85.6 Å². The van der Waals surface area contributed by atoms with Crippen LogP contribution in [0.5, 0.6) is 0 Å². The third-order valence-electron chi connectivity index (χ3n) is 1.76. The van der Waals surface area contributed by atoms with Gasteiger partial charge in [-0.3, -0.25) is 0 Å². The zero-order valence-corrected chi connectivity index (χ0v) is 9.70. The van der Waals surface area contributed by atoms with Gasteiger partial charge < -0.3 is 5.11 Å². The highest BCUT2D eigenvalue weighted by Crippen LogP contribution is 2.28. The molecular formula is C9H13BrOS. The fourth-order valence-corrected chi connectivity index (χ4v) is 2.67. The van der Waals surface area contributed by atoms with E-state index in [-0.39, 0.29) is 6.10 Å². The van der Waals surface area contributed by atoms with E-state index in [0.717, 1.165) is 12.8 Å². The molecule has 1 nitrogen and oxygen atoms in total. The van der Waals surface area contributed by atoms with Gasteiger partial charge in [-0.2, -0.15) is 0 Å². The lowest BCUT2D eigenvalue weighted by atomic mass is 10.2. The molecule has 0 saturated carbocycles. The van der Waals surface area contributed by atoms with E-state index in [0.29, 0.717) is 0 Å². The van der Waals surface area contributed by atoms with Crippen LogP contribution in [0.3, 0.4) is 0 Å². The zero-order chi connectivity index (χ0) is 9.14. The van der Waals surface area contributed by atoms with Crippen molar-refractivity contribution in [3.05, 3.63) is 20.3 Å². The van der Waals surface area contributed by atoms with Gasteiger partial charge in [0, 0.05) is 9.35 Å². The summed E-state index contributed by atoms with van der Waals surface area (Å²) in [4.78, 5) is 1.34. The Morgan fingerprint density at radius 3 is 2.75 bits per heavy atom. The first-order valence-electron chi connectivity index (χ1n) is 4.01. The molecule has 0 fully saturated rings. The molecule has 0 bridgehead atoms. The average molecular weight is 249 g/mol. The van der Waals surface area contributed by atoms with Crippen LogP contribution in [0.15, 0.2) is 9.85 Å². The van der Waals surface area contributed by atoms with Crippen molar-refractivity contribution in [2.45, 2.75) is 32.8 Å². The number of aryl methyl sites for hydroxylation is 2. The summed E-state index contributed by atoms with van der Waals surface area (Å²) in [5.41, 5.74) is 1.29. The maximum absolute atomic E-state index is 9.10. The van der Waals surface area contributed by atoms with Crippen LogP contribution < -0.4 is 0 Å². The van der Waals surface area contributed by atoms with Crippen LogP contribution in [-0.4, -0.2) is 11.2 Å². The molecule has 0 aromatic carbocycles. The second-order valence-electron chi connectivity index (χ2n) is 3.04. The van der Waals surface area contributed by atoms with Crippen molar-refractivity contribution in [1.82, 2.24) is 0 Å². The normalized spacial score (nSPS) is 13.3. The van der Waals surface area contributed by atoms with Crippen LogP contribution in [0.1, 0.15) is 23.8 Å². The number of halogens is 1. The third-order valence-corrected chi connectivity index (χ3v) is 4.29. The quantitative estimate of drug-likeness (QED) is 0.872. The smallest absolute Gasteiger partial charge is 0.0515 e. The van der Waals surface area contributed by atoms with Gasteiger partial charge in [-0.05, 0) is 53.6 Å². The molecule has 1 N–H and O–H groups in total.